The number of aliphatic hydroxyl groups excluding tert-OH is 1. The number of aromatic amines is 1. The van der Waals surface area contributed by atoms with Crippen molar-refractivity contribution in [2.45, 2.75) is 25.5 Å². The molecule has 0 aliphatic rings. The van der Waals surface area contributed by atoms with Crippen LogP contribution in [0, 0.1) is 0 Å². The molecule has 2 aromatic rings. The zero-order chi connectivity index (χ0) is 16.3. The van der Waals surface area contributed by atoms with Gasteiger partial charge in [-0.05, 0) is 13.0 Å². The second-order valence-corrected chi connectivity index (χ2v) is 4.85. The van der Waals surface area contributed by atoms with Gasteiger partial charge in [-0.1, -0.05) is 18.2 Å². The van der Waals surface area contributed by atoms with Gasteiger partial charge in [0.2, 0.25) is 5.91 Å². The Balaban J connectivity index is 2.24. The van der Waals surface area contributed by atoms with Crippen molar-refractivity contribution in [1.29, 1.82) is 0 Å². The SMILES string of the molecule is C[C@H](O)[C@@H](NC(=O)Cc1n[nH]c(=O)c2ccccc12)C(=O)O. The fourth-order valence-electron chi connectivity index (χ4n) is 2.07. The van der Waals surface area contributed by atoms with Crippen molar-refractivity contribution in [3.63, 3.8) is 0 Å². The monoisotopic (exact) mass is 305 g/mol. The van der Waals surface area contributed by atoms with Gasteiger partial charge in [-0.15, -0.1) is 0 Å². The van der Waals surface area contributed by atoms with Crippen LogP contribution < -0.4 is 10.9 Å². The molecule has 0 saturated carbocycles. The molecule has 0 bridgehead atoms. The van der Waals surface area contributed by atoms with E-state index in [-0.39, 0.29) is 12.0 Å². The number of hydrogen-bond acceptors (Lipinski definition) is 5. The molecule has 1 aromatic heterocycles. The van der Waals surface area contributed by atoms with Crippen molar-refractivity contribution >= 4 is 22.6 Å². The molecular formula is C14H15N3O5. The summed E-state index contributed by atoms with van der Waals surface area (Å²) in [7, 11) is 0. The summed E-state index contributed by atoms with van der Waals surface area (Å²) >= 11 is 0. The van der Waals surface area contributed by atoms with Crippen LogP contribution in [0.1, 0.15) is 12.6 Å². The lowest BCUT2D eigenvalue weighted by atomic mass is 10.1. The van der Waals surface area contributed by atoms with E-state index < -0.39 is 24.0 Å². The first-order valence-corrected chi connectivity index (χ1v) is 6.56. The predicted octanol–water partition coefficient (Wildman–Crippen LogP) is -0.584. The Morgan fingerprint density at radius 2 is 1.95 bits per heavy atom. The number of aliphatic carboxylic acids is 1. The van der Waals surface area contributed by atoms with E-state index >= 15 is 0 Å². The van der Waals surface area contributed by atoms with Gasteiger partial charge in [-0.3, -0.25) is 9.59 Å². The molecule has 0 aliphatic carbocycles. The molecule has 8 heteroatoms. The van der Waals surface area contributed by atoms with Crippen molar-refractivity contribution in [2.24, 2.45) is 0 Å². The summed E-state index contributed by atoms with van der Waals surface area (Å²) in [5.74, 6) is -1.94. The quantitative estimate of drug-likeness (QED) is 0.584. The molecule has 116 valence electrons. The van der Waals surface area contributed by atoms with Gasteiger partial charge in [0, 0.05) is 5.39 Å². The number of carbonyl (C=O) groups is 2. The molecule has 1 amide bonds. The number of carboxylic acids is 1. The minimum Gasteiger partial charge on any atom is -0.480 e. The molecule has 0 aliphatic heterocycles. The molecule has 2 atom stereocenters. The van der Waals surface area contributed by atoms with Crippen LogP contribution in [0.4, 0.5) is 0 Å². The maximum Gasteiger partial charge on any atom is 0.328 e. The lowest BCUT2D eigenvalue weighted by Gasteiger charge is -2.17. The number of carbonyl (C=O) groups excluding carboxylic acids is 1. The van der Waals surface area contributed by atoms with E-state index in [1.807, 2.05) is 0 Å². The third-order valence-electron chi connectivity index (χ3n) is 3.17. The summed E-state index contributed by atoms with van der Waals surface area (Å²) < 4.78 is 0. The predicted molar refractivity (Wildman–Crippen MR) is 77.3 cm³/mol. The van der Waals surface area contributed by atoms with Gasteiger partial charge in [0.05, 0.1) is 23.6 Å². The first kappa shape index (κ1) is 15.6. The Morgan fingerprint density at radius 1 is 1.32 bits per heavy atom. The van der Waals surface area contributed by atoms with Gasteiger partial charge >= 0.3 is 5.97 Å². The molecular weight excluding hydrogens is 290 g/mol. The van der Waals surface area contributed by atoms with Crippen molar-refractivity contribution in [3.05, 3.63) is 40.3 Å². The number of amides is 1. The number of hydrogen-bond donors (Lipinski definition) is 4. The molecule has 4 N–H and O–H groups in total. The normalized spacial score (nSPS) is 13.5. The highest BCUT2D eigenvalue weighted by Crippen LogP contribution is 2.12. The van der Waals surface area contributed by atoms with Crippen molar-refractivity contribution in [2.75, 3.05) is 0 Å². The maximum atomic E-state index is 11.9. The second-order valence-electron chi connectivity index (χ2n) is 4.85. The van der Waals surface area contributed by atoms with Crippen molar-refractivity contribution in [3.8, 4) is 0 Å². The van der Waals surface area contributed by atoms with E-state index in [9.17, 15) is 19.5 Å². The molecule has 0 unspecified atom stereocenters. The minimum absolute atomic E-state index is 0.214. The zero-order valence-electron chi connectivity index (χ0n) is 11.7. The van der Waals surface area contributed by atoms with Crippen LogP contribution in [0.2, 0.25) is 0 Å². The summed E-state index contributed by atoms with van der Waals surface area (Å²) in [6.45, 7) is 1.27. The molecule has 1 aromatic carbocycles. The lowest BCUT2D eigenvalue weighted by Crippen LogP contribution is -2.48. The fraction of sp³-hybridized carbons (Fsp3) is 0.286. The zero-order valence-corrected chi connectivity index (χ0v) is 11.7. The van der Waals surface area contributed by atoms with Crippen LogP contribution in [0.5, 0.6) is 0 Å². The van der Waals surface area contributed by atoms with E-state index in [2.05, 4.69) is 15.5 Å². The van der Waals surface area contributed by atoms with Crippen LogP contribution in [-0.2, 0) is 16.0 Å². The van der Waals surface area contributed by atoms with Crippen molar-refractivity contribution < 1.29 is 19.8 Å². The van der Waals surface area contributed by atoms with Gasteiger partial charge in [0.25, 0.3) is 5.56 Å². The highest BCUT2D eigenvalue weighted by Gasteiger charge is 2.25. The van der Waals surface area contributed by atoms with Gasteiger partial charge in [0.15, 0.2) is 6.04 Å². The number of fused-ring (bicyclic) bond motifs is 1. The molecule has 0 spiro atoms. The minimum atomic E-state index is -1.40. The number of carboxylic acid groups (broad SMARTS) is 1. The number of aromatic nitrogens is 2. The first-order valence-electron chi connectivity index (χ1n) is 6.56. The average molecular weight is 305 g/mol. The number of benzene rings is 1. The number of H-pyrrole nitrogens is 1. The Hall–Kier alpha value is -2.74. The molecule has 8 nitrogen and oxygen atoms in total. The molecule has 0 fully saturated rings. The smallest absolute Gasteiger partial charge is 0.328 e. The van der Waals surface area contributed by atoms with E-state index in [0.717, 1.165) is 0 Å². The highest BCUT2D eigenvalue weighted by atomic mass is 16.4. The third-order valence-corrected chi connectivity index (χ3v) is 3.17. The highest BCUT2D eigenvalue weighted by molar-refractivity contribution is 5.90. The summed E-state index contributed by atoms with van der Waals surface area (Å²) in [5.41, 5.74) is -0.0467. The van der Waals surface area contributed by atoms with Crippen LogP contribution in [0.3, 0.4) is 0 Å². The Bertz CT molecular complexity index is 768. The summed E-state index contributed by atoms with van der Waals surface area (Å²) in [4.78, 5) is 34.5. The summed E-state index contributed by atoms with van der Waals surface area (Å²) in [6.07, 6.45) is -1.45. The molecule has 2 rings (SSSR count). The van der Waals surface area contributed by atoms with E-state index in [1.54, 1.807) is 24.3 Å². The van der Waals surface area contributed by atoms with Crippen molar-refractivity contribution in [1.82, 2.24) is 15.5 Å². The molecule has 0 radical (unpaired) electrons. The summed E-state index contributed by atoms with van der Waals surface area (Å²) in [6, 6.07) is 5.26. The van der Waals surface area contributed by atoms with Gasteiger partial charge < -0.3 is 15.5 Å². The van der Waals surface area contributed by atoms with Crippen LogP contribution in [0.15, 0.2) is 29.1 Å². The fourth-order valence-corrected chi connectivity index (χ4v) is 2.07. The van der Waals surface area contributed by atoms with E-state index in [4.69, 9.17) is 5.11 Å². The van der Waals surface area contributed by atoms with Gasteiger partial charge in [0.1, 0.15) is 0 Å². The maximum absolute atomic E-state index is 11.9. The Morgan fingerprint density at radius 3 is 2.55 bits per heavy atom. The van der Waals surface area contributed by atoms with E-state index in [0.29, 0.717) is 16.5 Å². The average Bonchev–Trinajstić information content (AvgIpc) is 2.47. The van der Waals surface area contributed by atoms with E-state index in [1.165, 1.54) is 6.92 Å². The molecule has 22 heavy (non-hydrogen) atoms. The lowest BCUT2D eigenvalue weighted by molar-refractivity contribution is -0.144. The Kier molecular flexibility index (Phi) is 4.52. The van der Waals surface area contributed by atoms with Gasteiger partial charge in [-0.2, -0.15) is 5.10 Å². The largest absolute Gasteiger partial charge is 0.480 e. The third kappa shape index (κ3) is 3.29. The second kappa shape index (κ2) is 6.35. The summed E-state index contributed by atoms with van der Waals surface area (Å²) in [5, 5.41) is 27.5. The molecule has 1 heterocycles. The topological polar surface area (TPSA) is 132 Å². The first-order chi connectivity index (χ1) is 10.4. The van der Waals surface area contributed by atoms with Crippen LogP contribution in [0.25, 0.3) is 10.8 Å². The standard InChI is InChI=1S/C14H15N3O5/c1-7(18)12(14(21)22)15-11(19)6-10-8-4-2-3-5-9(8)13(20)17-16-10/h2-5,7,12,18H,6H2,1H3,(H,15,19)(H,17,20)(H,21,22)/t7-,12+/m0/s1. The van der Waals surface area contributed by atoms with Crippen LogP contribution >= 0.6 is 0 Å². The number of nitrogens with zero attached hydrogens (tertiary/aromatic N) is 1. The molecule has 0 saturated heterocycles. The number of nitrogens with one attached hydrogen (secondary N) is 2. The van der Waals surface area contributed by atoms with Gasteiger partial charge in [-0.25, -0.2) is 9.89 Å². The Labute approximate surface area is 124 Å². The van der Waals surface area contributed by atoms with Crippen LogP contribution in [-0.4, -0.2) is 44.4 Å². The number of aliphatic hydroxyl groups is 1. The number of rotatable bonds is 5.